The number of carbonyl (C=O) groups is 2. The highest BCUT2D eigenvalue weighted by Gasteiger charge is 2.28. The van der Waals surface area contributed by atoms with E-state index in [1.807, 2.05) is 66.7 Å². The van der Waals surface area contributed by atoms with E-state index in [4.69, 9.17) is 4.74 Å². The Morgan fingerprint density at radius 1 is 0.725 bits per heavy atom. The monoisotopic (exact) mass is 620 g/mol. The number of nitrogens with one attached hydrogen (secondary N) is 2. The summed E-state index contributed by atoms with van der Waals surface area (Å²) in [4.78, 5) is 26.3. The lowest BCUT2D eigenvalue weighted by Crippen LogP contribution is -2.46. The van der Waals surface area contributed by atoms with Gasteiger partial charge in [-0.05, 0) is 60.4 Å². The summed E-state index contributed by atoms with van der Waals surface area (Å²) >= 11 is 3.30. The molecule has 0 aliphatic carbocycles. The second-order valence-corrected chi connectivity index (χ2v) is 11.8. The summed E-state index contributed by atoms with van der Waals surface area (Å²) in [5.41, 5.74) is 2.20. The lowest BCUT2D eigenvalue weighted by molar-refractivity contribution is -0.146. The first-order chi connectivity index (χ1) is 19.3. The lowest BCUT2D eigenvalue weighted by Gasteiger charge is -2.22. The summed E-state index contributed by atoms with van der Waals surface area (Å²) in [6, 6.07) is 31.8. The average Bonchev–Trinajstić information content (AvgIpc) is 2.97. The van der Waals surface area contributed by atoms with Crippen molar-refractivity contribution in [3.05, 3.63) is 136 Å². The Bertz CT molecular complexity index is 1500. The summed E-state index contributed by atoms with van der Waals surface area (Å²) < 4.78 is 35.2. The summed E-state index contributed by atoms with van der Waals surface area (Å²) in [6.07, 6.45) is 0.510. The van der Waals surface area contributed by atoms with Crippen molar-refractivity contribution in [1.29, 1.82) is 0 Å². The smallest absolute Gasteiger partial charge is 0.324 e. The zero-order chi connectivity index (χ0) is 28.4. The van der Waals surface area contributed by atoms with Crippen molar-refractivity contribution in [2.24, 2.45) is 0 Å². The van der Waals surface area contributed by atoms with Crippen molar-refractivity contribution in [1.82, 2.24) is 10.0 Å². The number of amides is 1. The van der Waals surface area contributed by atoms with Gasteiger partial charge in [-0.3, -0.25) is 9.59 Å². The molecule has 2 unspecified atom stereocenters. The van der Waals surface area contributed by atoms with E-state index in [1.165, 1.54) is 12.1 Å². The van der Waals surface area contributed by atoms with Crippen LogP contribution in [0, 0.1) is 0 Å². The van der Waals surface area contributed by atoms with E-state index in [1.54, 1.807) is 36.4 Å². The molecule has 2 atom stereocenters. The fourth-order valence-corrected chi connectivity index (χ4v) is 5.53. The number of hydrogen-bond acceptors (Lipinski definition) is 5. The minimum Gasteiger partial charge on any atom is -0.462 e. The van der Waals surface area contributed by atoms with Crippen LogP contribution in [0.5, 0.6) is 0 Å². The van der Waals surface area contributed by atoms with Gasteiger partial charge in [-0.2, -0.15) is 4.72 Å². The number of esters is 1. The van der Waals surface area contributed by atoms with Crippen LogP contribution in [-0.4, -0.2) is 39.0 Å². The van der Waals surface area contributed by atoms with Crippen LogP contribution >= 0.6 is 15.9 Å². The number of carbonyl (C=O) groups excluding carboxylic acids is 2. The Balaban J connectivity index is 1.51. The summed E-state index contributed by atoms with van der Waals surface area (Å²) in [7, 11) is -4.02. The van der Waals surface area contributed by atoms with E-state index in [0.717, 1.165) is 15.6 Å². The third-order valence-electron chi connectivity index (χ3n) is 6.11. The first-order valence-corrected chi connectivity index (χ1v) is 15.0. The van der Waals surface area contributed by atoms with Gasteiger partial charge in [0.05, 0.1) is 10.9 Å². The second-order valence-electron chi connectivity index (χ2n) is 9.17. The maximum absolute atomic E-state index is 13.4. The largest absolute Gasteiger partial charge is 0.462 e. The zero-order valence-electron chi connectivity index (χ0n) is 21.6. The first-order valence-electron chi connectivity index (χ1n) is 12.7. The molecule has 0 aromatic heterocycles. The van der Waals surface area contributed by atoms with Crippen LogP contribution in [0.3, 0.4) is 0 Å². The molecule has 1 amide bonds. The number of benzene rings is 4. The first kappa shape index (κ1) is 29.2. The quantitative estimate of drug-likeness (QED) is 0.219. The summed E-state index contributed by atoms with van der Waals surface area (Å²) in [5.74, 6) is -1.04. The maximum Gasteiger partial charge on any atom is 0.324 e. The van der Waals surface area contributed by atoms with Crippen LogP contribution in [0.1, 0.15) is 21.5 Å². The molecule has 40 heavy (non-hydrogen) atoms. The molecule has 4 aromatic rings. The third kappa shape index (κ3) is 8.61. The Kier molecular flexibility index (Phi) is 10.2. The van der Waals surface area contributed by atoms with E-state index in [0.29, 0.717) is 12.0 Å². The van der Waals surface area contributed by atoms with Crippen LogP contribution in [0.15, 0.2) is 125 Å². The fraction of sp³-hybridized carbons (Fsp3) is 0.161. The predicted octanol–water partition coefficient (Wildman–Crippen LogP) is 4.92. The zero-order valence-corrected chi connectivity index (χ0v) is 24.0. The highest BCUT2D eigenvalue weighted by atomic mass is 79.9. The van der Waals surface area contributed by atoms with Gasteiger partial charge in [0.2, 0.25) is 10.0 Å². The number of sulfonamides is 1. The van der Waals surface area contributed by atoms with Crippen molar-refractivity contribution >= 4 is 37.8 Å². The second kappa shape index (κ2) is 14.0. The highest BCUT2D eigenvalue weighted by Crippen LogP contribution is 2.16. The van der Waals surface area contributed by atoms with Crippen LogP contribution in [0.4, 0.5) is 0 Å². The standard InChI is InChI=1S/C31H29BrN2O5S/c32-26-16-18-28(19-17-26)40(37,38)34-29(21-24-12-6-2-7-13-24)31(36)39-22-27(20-23-10-4-1-5-11-23)33-30(35)25-14-8-3-9-15-25/h1-19,27,29,34H,20-22H2,(H,33,35). The summed E-state index contributed by atoms with van der Waals surface area (Å²) in [5, 5.41) is 2.95. The SMILES string of the molecule is O=C(NC(COC(=O)C(Cc1ccccc1)NS(=O)(=O)c1ccc(Br)cc1)Cc1ccccc1)c1ccccc1. The number of hydrogen-bond donors (Lipinski definition) is 2. The van der Waals surface area contributed by atoms with E-state index in [9.17, 15) is 18.0 Å². The number of ether oxygens (including phenoxy) is 1. The van der Waals surface area contributed by atoms with Gasteiger partial charge in [-0.15, -0.1) is 0 Å². The molecule has 7 nitrogen and oxygen atoms in total. The number of rotatable bonds is 12. The van der Waals surface area contributed by atoms with Gasteiger partial charge < -0.3 is 10.1 Å². The van der Waals surface area contributed by atoms with E-state index in [2.05, 4.69) is 26.0 Å². The van der Waals surface area contributed by atoms with Crippen molar-refractivity contribution in [2.45, 2.75) is 29.8 Å². The van der Waals surface area contributed by atoms with E-state index in [-0.39, 0.29) is 23.8 Å². The van der Waals surface area contributed by atoms with Crippen LogP contribution < -0.4 is 10.0 Å². The molecule has 9 heteroatoms. The molecule has 4 aromatic carbocycles. The topological polar surface area (TPSA) is 102 Å². The van der Waals surface area contributed by atoms with Crippen LogP contribution in [-0.2, 0) is 32.4 Å². The Morgan fingerprint density at radius 2 is 1.25 bits per heavy atom. The molecule has 0 bridgehead atoms. The van der Waals surface area contributed by atoms with Crippen molar-refractivity contribution < 1.29 is 22.7 Å². The molecule has 0 aliphatic rings. The Labute approximate surface area is 242 Å². The van der Waals surface area contributed by atoms with Gasteiger partial charge >= 0.3 is 5.97 Å². The summed E-state index contributed by atoms with van der Waals surface area (Å²) in [6.45, 7) is -0.141. The minimum atomic E-state index is -4.02. The molecular weight excluding hydrogens is 592 g/mol. The van der Waals surface area contributed by atoms with Crippen molar-refractivity contribution in [3.8, 4) is 0 Å². The lowest BCUT2D eigenvalue weighted by atomic mass is 10.1. The van der Waals surface area contributed by atoms with E-state index >= 15 is 0 Å². The van der Waals surface area contributed by atoms with Gasteiger partial charge in [0.1, 0.15) is 12.6 Å². The maximum atomic E-state index is 13.4. The Hall–Kier alpha value is -3.79. The highest BCUT2D eigenvalue weighted by molar-refractivity contribution is 9.10. The van der Waals surface area contributed by atoms with Crippen LogP contribution in [0.2, 0.25) is 0 Å². The Morgan fingerprint density at radius 3 is 1.82 bits per heavy atom. The average molecular weight is 622 g/mol. The molecular formula is C31H29BrN2O5S. The molecule has 0 saturated carbocycles. The van der Waals surface area contributed by atoms with Gasteiger partial charge in [0, 0.05) is 10.0 Å². The normalized spacial score (nSPS) is 12.7. The molecule has 0 saturated heterocycles. The van der Waals surface area contributed by atoms with Gasteiger partial charge in [-0.1, -0.05) is 94.8 Å². The van der Waals surface area contributed by atoms with Gasteiger partial charge in [0.15, 0.2) is 0 Å². The molecule has 4 rings (SSSR count). The molecule has 0 spiro atoms. The molecule has 206 valence electrons. The van der Waals surface area contributed by atoms with Crippen LogP contribution in [0.25, 0.3) is 0 Å². The van der Waals surface area contributed by atoms with Gasteiger partial charge in [0.25, 0.3) is 5.91 Å². The number of halogens is 1. The van der Waals surface area contributed by atoms with Gasteiger partial charge in [-0.25, -0.2) is 8.42 Å². The fourth-order valence-electron chi connectivity index (χ4n) is 4.08. The molecule has 0 heterocycles. The molecule has 2 N–H and O–H groups in total. The third-order valence-corrected chi connectivity index (χ3v) is 8.13. The molecule has 0 fully saturated rings. The predicted molar refractivity (Wildman–Crippen MR) is 157 cm³/mol. The molecule has 0 radical (unpaired) electrons. The van der Waals surface area contributed by atoms with E-state index < -0.39 is 28.1 Å². The molecule has 0 aliphatic heterocycles. The minimum absolute atomic E-state index is 0.0265. The van der Waals surface area contributed by atoms with Crippen molar-refractivity contribution in [3.63, 3.8) is 0 Å². The van der Waals surface area contributed by atoms with Crippen molar-refractivity contribution in [2.75, 3.05) is 6.61 Å².